The molecule has 0 aliphatic carbocycles. The van der Waals surface area contributed by atoms with Crippen molar-refractivity contribution in [3.8, 4) is 11.3 Å². The van der Waals surface area contributed by atoms with Crippen LogP contribution in [-0.2, 0) is 0 Å². The van der Waals surface area contributed by atoms with Crippen LogP contribution >= 0.6 is 0 Å². The number of imidazole rings is 1. The van der Waals surface area contributed by atoms with Gasteiger partial charge in [-0.1, -0.05) is 12.1 Å². The highest BCUT2D eigenvalue weighted by Crippen LogP contribution is 2.22. The third kappa shape index (κ3) is 1.73. The molecule has 96 valence electrons. The fourth-order valence-corrected chi connectivity index (χ4v) is 2.31. The molecule has 0 aliphatic heterocycles. The Bertz CT molecular complexity index is 907. The first-order chi connectivity index (χ1) is 9.79. The highest BCUT2D eigenvalue weighted by Gasteiger charge is 2.04. The summed E-state index contributed by atoms with van der Waals surface area (Å²) in [6, 6.07) is 10.3. The molecular weight excluding hydrogens is 248 g/mol. The number of fused-ring (bicyclic) bond motifs is 2. The maximum Gasteiger partial charge on any atom is 0.157 e. The summed E-state index contributed by atoms with van der Waals surface area (Å²) in [5.41, 5.74) is 5.06. The van der Waals surface area contributed by atoms with Crippen LogP contribution in [0.5, 0.6) is 0 Å². The summed E-state index contributed by atoms with van der Waals surface area (Å²) in [6.45, 7) is 2.04. The Morgan fingerprint density at radius 1 is 1.05 bits per heavy atom. The Morgan fingerprint density at radius 3 is 2.85 bits per heavy atom. The molecule has 4 heteroatoms. The first-order valence-corrected chi connectivity index (χ1v) is 6.45. The lowest BCUT2D eigenvalue weighted by atomic mass is 10.1. The minimum Gasteiger partial charge on any atom is -0.290 e. The van der Waals surface area contributed by atoms with Crippen molar-refractivity contribution in [2.75, 3.05) is 0 Å². The number of aryl methyl sites for hydroxylation is 1. The summed E-state index contributed by atoms with van der Waals surface area (Å²) in [6.07, 6.45) is 7.45. The summed E-state index contributed by atoms with van der Waals surface area (Å²) in [5, 5.41) is 1.08. The molecule has 0 fully saturated rings. The van der Waals surface area contributed by atoms with Crippen molar-refractivity contribution in [3.05, 3.63) is 60.8 Å². The molecule has 4 aromatic rings. The third-order valence-electron chi connectivity index (χ3n) is 3.39. The summed E-state index contributed by atoms with van der Waals surface area (Å²) < 4.78 is 1.93. The lowest BCUT2D eigenvalue weighted by molar-refractivity contribution is 1.14. The van der Waals surface area contributed by atoms with E-state index in [4.69, 9.17) is 0 Å². The molecule has 3 aromatic heterocycles. The Labute approximate surface area is 115 Å². The minimum atomic E-state index is 0.860. The van der Waals surface area contributed by atoms with Crippen LogP contribution in [0.4, 0.5) is 0 Å². The van der Waals surface area contributed by atoms with Crippen molar-refractivity contribution in [1.82, 2.24) is 19.4 Å². The van der Waals surface area contributed by atoms with E-state index in [-0.39, 0.29) is 0 Å². The zero-order valence-electron chi connectivity index (χ0n) is 11.0. The van der Waals surface area contributed by atoms with E-state index in [1.54, 1.807) is 12.5 Å². The van der Waals surface area contributed by atoms with Crippen LogP contribution in [-0.4, -0.2) is 19.4 Å². The molecule has 20 heavy (non-hydrogen) atoms. The number of hydrogen-bond donors (Lipinski definition) is 0. The van der Waals surface area contributed by atoms with Crippen LogP contribution in [0.2, 0.25) is 0 Å². The first kappa shape index (κ1) is 11.1. The molecule has 0 unspecified atom stereocenters. The van der Waals surface area contributed by atoms with Gasteiger partial charge in [0.25, 0.3) is 0 Å². The molecule has 0 atom stereocenters. The standard InChI is InChI=1S/C16H12N4/c1-11-2-4-14(18-7-11)12-3-5-15-13(6-12)9-20-10-17-8-16(20)19-15/h2-10H,1H3. The Morgan fingerprint density at radius 2 is 2.00 bits per heavy atom. The highest BCUT2D eigenvalue weighted by molar-refractivity contribution is 5.84. The predicted octanol–water partition coefficient (Wildman–Crippen LogP) is 3.25. The largest absolute Gasteiger partial charge is 0.290 e. The van der Waals surface area contributed by atoms with Gasteiger partial charge in [-0.25, -0.2) is 9.97 Å². The second-order valence-corrected chi connectivity index (χ2v) is 4.89. The first-order valence-electron chi connectivity index (χ1n) is 6.45. The number of rotatable bonds is 1. The van der Waals surface area contributed by atoms with Crippen molar-refractivity contribution < 1.29 is 0 Å². The van der Waals surface area contributed by atoms with Crippen molar-refractivity contribution >= 4 is 16.6 Å². The Kier molecular flexibility index (Phi) is 2.29. The van der Waals surface area contributed by atoms with E-state index < -0.39 is 0 Å². The van der Waals surface area contributed by atoms with E-state index in [1.165, 1.54) is 0 Å². The zero-order valence-corrected chi connectivity index (χ0v) is 11.0. The van der Waals surface area contributed by atoms with Gasteiger partial charge in [0.15, 0.2) is 5.65 Å². The van der Waals surface area contributed by atoms with Crippen LogP contribution in [0.25, 0.3) is 27.8 Å². The van der Waals surface area contributed by atoms with Gasteiger partial charge in [0.1, 0.15) is 6.33 Å². The van der Waals surface area contributed by atoms with Crippen molar-refractivity contribution in [3.63, 3.8) is 0 Å². The van der Waals surface area contributed by atoms with Gasteiger partial charge in [0.2, 0.25) is 0 Å². The maximum absolute atomic E-state index is 4.57. The number of aromatic nitrogens is 4. The number of nitrogens with zero attached hydrogens (tertiary/aromatic N) is 4. The molecule has 0 aliphatic rings. The second kappa shape index (κ2) is 4.13. The number of benzene rings is 1. The molecule has 0 amide bonds. The molecule has 3 heterocycles. The Balaban J connectivity index is 1.92. The van der Waals surface area contributed by atoms with E-state index >= 15 is 0 Å². The predicted molar refractivity (Wildman–Crippen MR) is 78.5 cm³/mol. The Hall–Kier alpha value is -2.75. The maximum atomic E-state index is 4.57. The van der Waals surface area contributed by atoms with Crippen LogP contribution in [0.15, 0.2) is 55.2 Å². The van der Waals surface area contributed by atoms with Crippen LogP contribution < -0.4 is 0 Å². The van der Waals surface area contributed by atoms with Gasteiger partial charge in [0, 0.05) is 23.3 Å². The van der Waals surface area contributed by atoms with E-state index in [2.05, 4.69) is 33.2 Å². The number of hydrogen-bond acceptors (Lipinski definition) is 3. The molecule has 0 spiro atoms. The van der Waals surface area contributed by atoms with Crippen LogP contribution in [0.3, 0.4) is 0 Å². The van der Waals surface area contributed by atoms with E-state index in [0.29, 0.717) is 0 Å². The van der Waals surface area contributed by atoms with Gasteiger partial charge in [-0.15, -0.1) is 0 Å². The van der Waals surface area contributed by atoms with E-state index in [1.807, 2.05) is 35.9 Å². The van der Waals surface area contributed by atoms with Gasteiger partial charge in [0.05, 0.1) is 17.4 Å². The second-order valence-electron chi connectivity index (χ2n) is 4.89. The van der Waals surface area contributed by atoms with Crippen LogP contribution in [0.1, 0.15) is 5.56 Å². The number of pyridine rings is 1. The van der Waals surface area contributed by atoms with E-state index in [9.17, 15) is 0 Å². The fraction of sp³-hybridized carbons (Fsp3) is 0.0625. The van der Waals surface area contributed by atoms with Gasteiger partial charge in [-0.05, 0) is 30.7 Å². The fourth-order valence-electron chi connectivity index (χ4n) is 2.31. The molecule has 4 nitrogen and oxygen atoms in total. The van der Waals surface area contributed by atoms with Crippen molar-refractivity contribution in [1.29, 1.82) is 0 Å². The van der Waals surface area contributed by atoms with Gasteiger partial charge in [-0.2, -0.15) is 0 Å². The van der Waals surface area contributed by atoms with Gasteiger partial charge < -0.3 is 0 Å². The minimum absolute atomic E-state index is 0.860. The quantitative estimate of drug-likeness (QED) is 0.527. The van der Waals surface area contributed by atoms with Crippen LogP contribution in [0, 0.1) is 6.92 Å². The van der Waals surface area contributed by atoms with Gasteiger partial charge in [-0.3, -0.25) is 9.38 Å². The summed E-state index contributed by atoms with van der Waals surface area (Å²) in [4.78, 5) is 13.1. The molecule has 0 radical (unpaired) electrons. The molecular formula is C16H12N4. The normalized spacial score (nSPS) is 11.2. The zero-order chi connectivity index (χ0) is 13.5. The molecule has 0 N–H and O–H groups in total. The molecule has 0 saturated carbocycles. The summed E-state index contributed by atoms with van der Waals surface area (Å²) >= 11 is 0. The average Bonchev–Trinajstić information content (AvgIpc) is 2.92. The van der Waals surface area contributed by atoms with Crippen molar-refractivity contribution in [2.24, 2.45) is 0 Å². The molecule has 0 bridgehead atoms. The molecule has 1 aromatic carbocycles. The lowest BCUT2D eigenvalue weighted by Gasteiger charge is -2.04. The third-order valence-corrected chi connectivity index (χ3v) is 3.39. The summed E-state index contributed by atoms with van der Waals surface area (Å²) in [7, 11) is 0. The van der Waals surface area contributed by atoms with E-state index in [0.717, 1.165) is 33.4 Å². The highest BCUT2D eigenvalue weighted by atomic mass is 15.0. The summed E-state index contributed by atoms with van der Waals surface area (Å²) in [5.74, 6) is 0. The average molecular weight is 260 g/mol. The topological polar surface area (TPSA) is 43.1 Å². The molecule has 4 rings (SSSR count). The van der Waals surface area contributed by atoms with Crippen molar-refractivity contribution in [2.45, 2.75) is 6.92 Å². The lowest BCUT2D eigenvalue weighted by Crippen LogP contribution is -1.89. The SMILES string of the molecule is Cc1ccc(-c2ccc3nc4cncn4cc3c2)nc1. The molecule has 0 saturated heterocycles. The smallest absolute Gasteiger partial charge is 0.157 e. The monoisotopic (exact) mass is 260 g/mol. The van der Waals surface area contributed by atoms with Gasteiger partial charge >= 0.3 is 0 Å².